The fraction of sp³-hybridized carbons (Fsp3) is 0.238. The van der Waals surface area contributed by atoms with Crippen LogP contribution in [0.2, 0.25) is 10.0 Å². The highest BCUT2D eigenvalue weighted by atomic mass is 35.5. The van der Waals surface area contributed by atoms with Crippen LogP contribution in [0, 0.1) is 5.82 Å². The number of rotatable bonds is 6. The van der Waals surface area contributed by atoms with Gasteiger partial charge in [-0.25, -0.2) is 17.5 Å². The Bertz CT molecular complexity index is 1250. The van der Waals surface area contributed by atoms with Crippen LogP contribution in [0.4, 0.5) is 10.2 Å². The molecular formula is C21H19Cl2FN4O3S. The summed E-state index contributed by atoms with van der Waals surface area (Å²) in [6.45, 7) is 0.472. The second kappa shape index (κ2) is 9.19. The molecule has 0 saturated carbocycles. The van der Waals surface area contributed by atoms with Crippen LogP contribution in [-0.2, 0) is 21.4 Å². The Hall–Kier alpha value is -2.46. The highest BCUT2D eigenvalue weighted by Gasteiger charge is 2.39. The van der Waals surface area contributed by atoms with Crippen LogP contribution < -0.4 is 5.32 Å². The number of aromatic nitrogens is 2. The molecule has 0 radical (unpaired) electrons. The topological polar surface area (TPSA) is 84.3 Å². The molecule has 1 aromatic heterocycles. The number of halogens is 3. The SMILES string of the molecule is O=C(Nc1ccnn1Cc1cccc(Cl)c1Cl)[C@@H]1CCCN1S(=O)(=O)c1ccc(F)cc1. The van der Waals surface area contributed by atoms with E-state index < -0.39 is 27.8 Å². The molecule has 4 rings (SSSR count). The van der Waals surface area contributed by atoms with Gasteiger partial charge in [-0.2, -0.15) is 9.40 Å². The number of nitrogens with zero attached hydrogens (tertiary/aromatic N) is 3. The Morgan fingerprint density at radius 2 is 1.91 bits per heavy atom. The Labute approximate surface area is 194 Å². The standard InChI is InChI=1S/C21H19Cl2FN4O3S/c22-17-4-1-3-14(20(17)23)13-27-19(10-11-25-27)26-21(29)18-5-2-12-28(18)32(30,31)16-8-6-15(24)7-9-16/h1,3-4,6-11,18H,2,5,12-13H2,(H,26,29)/t18-/m0/s1. The minimum atomic E-state index is -3.95. The second-order valence-corrected chi connectivity index (χ2v) is 9.98. The maximum atomic E-state index is 13.2. The molecule has 0 spiro atoms. The minimum Gasteiger partial charge on any atom is -0.309 e. The summed E-state index contributed by atoms with van der Waals surface area (Å²) in [4.78, 5) is 13.0. The van der Waals surface area contributed by atoms with Gasteiger partial charge in [-0.15, -0.1) is 0 Å². The molecule has 1 amide bonds. The summed E-state index contributed by atoms with van der Waals surface area (Å²) in [6, 6.07) is 10.5. The van der Waals surface area contributed by atoms with Gasteiger partial charge in [0, 0.05) is 12.6 Å². The Morgan fingerprint density at radius 1 is 1.16 bits per heavy atom. The van der Waals surface area contributed by atoms with Crippen molar-refractivity contribution in [2.75, 3.05) is 11.9 Å². The first-order valence-electron chi connectivity index (χ1n) is 9.80. The Kier molecular flexibility index (Phi) is 6.52. The lowest BCUT2D eigenvalue weighted by molar-refractivity contribution is -0.119. The number of nitrogens with one attached hydrogen (secondary N) is 1. The first-order chi connectivity index (χ1) is 15.3. The van der Waals surface area contributed by atoms with Crippen LogP contribution in [0.15, 0.2) is 59.6 Å². The Morgan fingerprint density at radius 3 is 2.66 bits per heavy atom. The van der Waals surface area contributed by atoms with E-state index in [1.807, 2.05) is 0 Å². The van der Waals surface area contributed by atoms with E-state index in [0.717, 1.165) is 22.0 Å². The monoisotopic (exact) mass is 496 g/mol. The average Bonchev–Trinajstić information content (AvgIpc) is 3.42. The molecule has 0 aliphatic carbocycles. The molecule has 0 bridgehead atoms. The predicted molar refractivity (Wildman–Crippen MR) is 120 cm³/mol. The molecular weight excluding hydrogens is 478 g/mol. The number of benzene rings is 2. The average molecular weight is 497 g/mol. The highest BCUT2D eigenvalue weighted by molar-refractivity contribution is 7.89. The molecule has 1 N–H and O–H groups in total. The predicted octanol–water partition coefficient (Wildman–Crippen LogP) is 4.17. The van der Waals surface area contributed by atoms with E-state index in [1.54, 1.807) is 28.9 Å². The van der Waals surface area contributed by atoms with Crippen molar-refractivity contribution >= 4 is 45.0 Å². The van der Waals surface area contributed by atoms with Gasteiger partial charge < -0.3 is 5.32 Å². The van der Waals surface area contributed by atoms with Crippen molar-refractivity contribution in [3.8, 4) is 0 Å². The van der Waals surface area contributed by atoms with Crippen molar-refractivity contribution in [1.29, 1.82) is 0 Å². The molecule has 1 saturated heterocycles. The molecule has 7 nitrogen and oxygen atoms in total. The molecule has 1 atom stereocenters. The first-order valence-corrected chi connectivity index (χ1v) is 12.0. The van der Waals surface area contributed by atoms with E-state index in [-0.39, 0.29) is 18.0 Å². The largest absolute Gasteiger partial charge is 0.309 e. The third kappa shape index (κ3) is 4.52. The van der Waals surface area contributed by atoms with Gasteiger partial charge in [0.25, 0.3) is 0 Å². The number of carbonyl (C=O) groups is 1. The van der Waals surface area contributed by atoms with E-state index in [2.05, 4.69) is 10.4 Å². The smallest absolute Gasteiger partial charge is 0.243 e. The number of amides is 1. The van der Waals surface area contributed by atoms with E-state index in [4.69, 9.17) is 23.2 Å². The third-order valence-electron chi connectivity index (χ3n) is 5.25. The molecule has 11 heteroatoms. The van der Waals surface area contributed by atoms with Crippen molar-refractivity contribution < 1.29 is 17.6 Å². The van der Waals surface area contributed by atoms with Gasteiger partial charge in [0.05, 0.1) is 27.7 Å². The zero-order chi connectivity index (χ0) is 22.9. The van der Waals surface area contributed by atoms with Gasteiger partial charge in [-0.05, 0) is 48.7 Å². The van der Waals surface area contributed by atoms with Gasteiger partial charge in [0.1, 0.15) is 17.7 Å². The molecule has 2 heterocycles. The zero-order valence-corrected chi connectivity index (χ0v) is 19.0. The fourth-order valence-corrected chi connectivity index (χ4v) is 5.67. The van der Waals surface area contributed by atoms with Crippen LogP contribution in [0.25, 0.3) is 0 Å². The molecule has 3 aromatic rings. The Balaban J connectivity index is 1.52. The van der Waals surface area contributed by atoms with Crippen molar-refractivity contribution in [2.24, 2.45) is 0 Å². The van der Waals surface area contributed by atoms with Gasteiger partial charge in [0.15, 0.2) is 0 Å². The summed E-state index contributed by atoms with van der Waals surface area (Å²) >= 11 is 12.3. The second-order valence-electron chi connectivity index (χ2n) is 7.30. The number of hydrogen-bond acceptors (Lipinski definition) is 4. The number of sulfonamides is 1. The lowest BCUT2D eigenvalue weighted by Gasteiger charge is -2.23. The van der Waals surface area contributed by atoms with Crippen molar-refractivity contribution in [1.82, 2.24) is 14.1 Å². The molecule has 1 aliphatic heterocycles. The summed E-state index contributed by atoms with van der Waals surface area (Å²) in [5.74, 6) is -0.600. The van der Waals surface area contributed by atoms with E-state index >= 15 is 0 Å². The van der Waals surface area contributed by atoms with E-state index in [9.17, 15) is 17.6 Å². The highest BCUT2D eigenvalue weighted by Crippen LogP contribution is 2.29. The first kappa shape index (κ1) is 22.7. The maximum absolute atomic E-state index is 13.2. The molecule has 0 unspecified atom stereocenters. The normalized spacial score (nSPS) is 16.9. The van der Waals surface area contributed by atoms with Gasteiger partial charge in [-0.1, -0.05) is 35.3 Å². The molecule has 32 heavy (non-hydrogen) atoms. The summed E-state index contributed by atoms with van der Waals surface area (Å²) in [5, 5.41) is 7.80. The summed E-state index contributed by atoms with van der Waals surface area (Å²) in [7, 11) is -3.95. The van der Waals surface area contributed by atoms with Gasteiger partial charge >= 0.3 is 0 Å². The minimum absolute atomic E-state index is 0.0563. The molecule has 1 aliphatic rings. The maximum Gasteiger partial charge on any atom is 0.243 e. The van der Waals surface area contributed by atoms with Crippen molar-refractivity contribution in [3.63, 3.8) is 0 Å². The number of anilines is 1. The molecule has 1 fully saturated rings. The lowest BCUT2D eigenvalue weighted by Crippen LogP contribution is -2.43. The van der Waals surface area contributed by atoms with Crippen molar-refractivity contribution in [3.05, 3.63) is 76.2 Å². The summed E-state index contributed by atoms with van der Waals surface area (Å²) in [6.07, 6.45) is 2.44. The van der Waals surface area contributed by atoms with E-state index in [1.165, 1.54) is 18.3 Å². The number of hydrogen-bond donors (Lipinski definition) is 1. The molecule has 168 valence electrons. The zero-order valence-electron chi connectivity index (χ0n) is 16.7. The summed E-state index contributed by atoms with van der Waals surface area (Å²) in [5.41, 5.74) is 0.722. The van der Waals surface area contributed by atoms with Crippen LogP contribution >= 0.6 is 23.2 Å². The van der Waals surface area contributed by atoms with Crippen LogP contribution in [0.3, 0.4) is 0 Å². The quantitative estimate of drug-likeness (QED) is 0.554. The third-order valence-corrected chi connectivity index (χ3v) is 8.03. The van der Waals surface area contributed by atoms with Crippen LogP contribution in [0.5, 0.6) is 0 Å². The fourth-order valence-electron chi connectivity index (χ4n) is 3.64. The van der Waals surface area contributed by atoms with Gasteiger partial charge in [-0.3, -0.25) is 4.79 Å². The molecule has 2 aromatic carbocycles. The van der Waals surface area contributed by atoms with Crippen LogP contribution in [-0.4, -0.2) is 41.0 Å². The van der Waals surface area contributed by atoms with E-state index in [0.29, 0.717) is 28.7 Å². The van der Waals surface area contributed by atoms with Gasteiger partial charge in [0.2, 0.25) is 15.9 Å². The van der Waals surface area contributed by atoms with Crippen LogP contribution in [0.1, 0.15) is 18.4 Å². The van der Waals surface area contributed by atoms with Crippen molar-refractivity contribution in [2.45, 2.75) is 30.3 Å². The lowest BCUT2D eigenvalue weighted by atomic mass is 10.2. The summed E-state index contributed by atoms with van der Waals surface area (Å²) < 4.78 is 42.0. The number of carbonyl (C=O) groups excluding carboxylic acids is 1.